The summed E-state index contributed by atoms with van der Waals surface area (Å²) in [5, 5.41) is 10.8. The van der Waals surface area contributed by atoms with E-state index in [-0.39, 0.29) is 60.8 Å². The number of H-pyrrole nitrogens is 1. The molecular formula is C49H63N4O10P. The van der Waals surface area contributed by atoms with Gasteiger partial charge in [0.05, 0.1) is 45.7 Å². The molecule has 344 valence electrons. The van der Waals surface area contributed by atoms with E-state index in [1.807, 2.05) is 92.7 Å². The molecule has 1 aliphatic carbocycles. The first-order valence-corrected chi connectivity index (χ1v) is 22.9. The Balaban J connectivity index is 1.37. The van der Waals surface area contributed by atoms with Gasteiger partial charge in [-0.05, 0) is 87.9 Å². The Labute approximate surface area is 377 Å². The van der Waals surface area contributed by atoms with E-state index in [2.05, 4.69) is 42.3 Å². The molecule has 3 aromatic carbocycles. The van der Waals surface area contributed by atoms with Crippen LogP contribution in [0.3, 0.4) is 0 Å². The molecule has 2 aliphatic rings. The van der Waals surface area contributed by atoms with E-state index in [9.17, 15) is 19.5 Å². The maximum atomic E-state index is 13.3. The van der Waals surface area contributed by atoms with E-state index in [0.29, 0.717) is 35.6 Å². The summed E-state index contributed by atoms with van der Waals surface area (Å²) >= 11 is 0. The summed E-state index contributed by atoms with van der Waals surface area (Å²) in [5.41, 5.74) is 1.08. The monoisotopic (exact) mass is 898 g/mol. The van der Waals surface area contributed by atoms with Crippen molar-refractivity contribution in [3.8, 4) is 11.5 Å². The van der Waals surface area contributed by atoms with Crippen molar-refractivity contribution in [3.05, 3.63) is 139 Å². The molecule has 1 aromatic heterocycles. The van der Waals surface area contributed by atoms with Crippen LogP contribution < -0.4 is 20.7 Å². The van der Waals surface area contributed by atoms with Gasteiger partial charge in [0.25, 0.3) is 14.1 Å². The number of benzene rings is 3. The van der Waals surface area contributed by atoms with E-state index >= 15 is 0 Å². The maximum absolute atomic E-state index is 13.3. The third-order valence-electron chi connectivity index (χ3n) is 11.6. The number of nitrogens with one attached hydrogen (secondary N) is 1. The molecule has 0 bridgehead atoms. The summed E-state index contributed by atoms with van der Waals surface area (Å²) in [6.07, 6.45) is 0.262. The average molecular weight is 899 g/mol. The molecule has 4 aromatic rings. The third kappa shape index (κ3) is 10.9. The zero-order valence-corrected chi connectivity index (χ0v) is 39.5. The number of hydrogen-bond acceptors (Lipinski definition) is 12. The first-order valence-electron chi connectivity index (χ1n) is 21.8. The number of ether oxygens (including phenoxy) is 4. The number of Topliss-reactive ketones (excluding diaryl/α,β-unsaturated/α-hetero) is 1. The van der Waals surface area contributed by atoms with Crippen LogP contribution in [0.25, 0.3) is 0 Å². The largest absolute Gasteiger partial charge is 0.511 e. The summed E-state index contributed by atoms with van der Waals surface area (Å²) < 4.78 is 42.4. The van der Waals surface area contributed by atoms with E-state index in [4.69, 9.17) is 28.0 Å². The zero-order valence-electron chi connectivity index (χ0n) is 38.6. The lowest BCUT2D eigenvalue weighted by Gasteiger charge is -2.39. The highest BCUT2D eigenvalue weighted by molar-refractivity contribution is 7.44. The molecule has 64 heavy (non-hydrogen) atoms. The molecule has 0 amide bonds. The molecule has 14 nitrogen and oxygen atoms in total. The summed E-state index contributed by atoms with van der Waals surface area (Å²) in [5.74, 6) is 1.32. The Morgan fingerprint density at radius 3 is 2.05 bits per heavy atom. The van der Waals surface area contributed by atoms with Crippen molar-refractivity contribution in [2.24, 2.45) is 10.4 Å². The minimum atomic E-state index is -1.78. The molecule has 0 saturated carbocycles. The van der Waals surface area contributed by atoms with Crippen molar-refractivity contribution in [1.29, 1.82) is 0 Å². The topological polar surface area (TPSA) is 163 Å². The third-order valence-corrected chi connectivity index (χ3v) is 13.8. The van der Waals surface area contributed by atoms with Gasteiger partial charge in [0.1, 0.15) is 35.2 Å². The Bertz CT molecular complexity index is 2340. The van der Waals surface area contributed by atoms with Gasteiger partial charge in [0, 0.05) is 48.8 Å². The van der Waals surface area contributed by atoms with Crippen LogP contribution in [0.5, 0.6) is 11.5 Å². The Morgan fingerprint density at radius 2 is 1.50 bits per heavy atom. The maximum Gasteiger partial charge on any atom is 0.330 e. The van der Waals surface area contributed by atoms with Crippen molar-refractivity contribution in [2.75, 3.05) is 34.0 Å². The molecular weight excluding hydrogens is 836 g/mol. The fraction of sp³-hybridized carbons (Fsp3) is 0.469. The predicted molar refractivity (Wildman–Crippen MR) is 248 cm³/mol. The molecule has 2 heterocycles. The van der Waals surface area contributed by atoms with Gasteiger partial charge in [-0.1, -0.05) is 68.4 Å². The second-order valence-electron chi connectivity index (χ2n) is 17.7. The molecule has 15 heteroatoms. The molecule has 4 atom stereocenters. The summed E-state index contributed by atoms with van der Waals surface area (Å²) in [4.78, 5) is 45.9. The van der Waals surface area contributed by atoms with Crippen LogP contribution >= 0.6 is 8.53 Å². The molecule has 0 spiro atoms. The fourth-order valence-corrected chi connectivity index (χ4v) is 10.3. The molecule has 1 saturated heterocycles. The van der Waals surface area contributed by atoms with Crippen LogP contribution in [0, 0.1) is 12.3 Å². The lowest BCUT2D eigenvalue weighted by Crippen LogP contribution is -2.39. The molecule has 2 N–H and O–H groups in total. The number of aliphatic hydroxyl groups excluding tert-OH is 1. The number of ketones is 1. The number of allylic oxidation sites excluding steroid dienone is 2. The number of aliphatic hydroxyl groups is 1. The number of rotatable bonds is 19. The van der Waals surface area contributed by atoms with Gasteiger partial charge < -0.3 is 33.1 Å². The summed E-state index contributed by atoms with van der Waals surface area (Å²) in [6, 6.07) is 25.5. The van der Waals surface area contributed by atoms with Crippen molar-refractivity contribution >= 4 is 20.0 Å². The van der Waals surface area contributed by atoms with Crippen LogP contribution in [0.4, 0.5) is 0 Å². The number of nitrogens with zero attached hydrogens (tertiary/aromatic N) is 3. The zero-order chi connectivity index (χ0) is 46.3. The van der Waals surface area contributed by atoms with Crippen molar-refractivity contribution in [3.63, 3.8) is 0 Å². The Morgan fingerprint density at radius 1 is 0.922 bits per heavy atom. The van der Waals surface area contributed by atoms with Gasteiger partial charge in [-0.15, -0.1) is 0 Å². The first-order chi connectivity index (χ1) is 30.5. The highest BCUT2D eigenvalue weighted by atomic mass is 31.2. The SMILES string of the molecule is COc1ccc(C(OC[C@H]2O[C@@H](n3cc(C)c(=O)[nH]c3=O)C[C@@H]2OP(OCCN=C(C)C2=C(O)CC(C)(C)CC2=O)N(C(C)C)C(C)C)(c2ccccc2)c2ccc(OC)cc2)cc1. The smallest absolute Gasteiger partial charge is 0.330 e. The van der Waals surface area contributed by atoms with E-state index in [0.717, 1.165) is 16.7 Å². The number of methoxy groups -OCH3 is 2. The van der Waals surface area contributed by atoms with Crippen molar-refractivity contribution in [2.45, 2.75) is 111 Å². The minimum Gasteiger partial charge on any atom is -0.511 e. The Hall–Kier alpha value is -4.95. The van der Waals surface area contributed by atoms with Gasteiger partial charge in [0.15, 0.2) is 5.78 Å². The van der Waals surface area contributed by atoms with Gasteiger partial charge in [0.2, 0.25) is 0 Å². The minimum absolute atomic E-state index is 0.00463. The number of carbonyl (C=O) groups excluding carboxylic acids is 1. The van der Waals surface area contributed by atoms with Crippen LogP contribution in [-0.4, -0.2) is 89.1 Å². The van der Waals surface area contributed by atoms with Gasteiger partial charge in [-0.25, -0.2) is 9.46 Å². The molecule has 1 unspecified atom stereocenters. The fourth-order valence-electron chi connectivity index (χ4n) is 8.56. The predicted octanol–water partition coefficient (Wildman–Crippen LogP) is 8.57. The summed E-state index contributed by atoms with van der Waals surface area (Å²) in [6.45, 7) is 16.0. The average Bonchev–Trinajstić information content (AvgIpc) is 3.65. The van der Waals surface area contributed by atoms with Gasteiger partial charge in [-0.3, -0.25) is 24.1 Å². The molecule has 0 radical (unpaired) electrons. The Kier molecular flexibility index (Phi) is 15.8. The number of carbonyl (C=O) groups is 1. The first kappa shape index (κ1) is 48.5. The van der Waals surface area contributed by atoms with Gasteiger partial charge >= 0.3 is 5.69 Å². The summed E-state index contributed by atoms with van der Waals surface area (Å²) in [7, 11) is 1.47. The van der Waals surface area contributed by atoms with E-state index in [1.54, 1.807) is 28.1 Å². The van der Waals surface area contributed by atoms with Crippen LogP contribution in [0.2, 0.25) is 0 Å². The quantitative estimate of drug-likeness (QED) is 0.0401. The van der Waals surface area contributed by atoms with Crippen LogP contribution in [-0.2, 0) is 28.9 Å². The van der Waals surface area contributed by atoms with Crippen molar-refractivity contribution in [1.82, 2.24) is 14.2 Å². The second-order valence-corrected chi connectivity index (χ2v) is 19.1. The number of aromatic nitrogens is 2. The molecule has 6 rings (SSSR count). The molecule has 1 aliphatic heterocycles. The number of aromatic amines is 1. The standard InChI is InChI=1S/C49H63N4O10P/c1-31(2)53(32(3)4)64(61-25-24-50-34(6)45-40(54)27-48(7,8)28-41(45)55)63-42-26-44(52-29-33(5)46(56)51-47(52)57)62-43(42)30-60-49(35-14-12-11-13-15-35,36-16-20-38(58-9)21-17-36)37-18-22-39(59-10)23-19-37/h11-23,29,31-32,42-44,54H,24-28,30H2,1-10H3,(H,51,56,57)/t42-,43+,44+,64?/m0/s1. The number of aliphatic imine (C=N–C) groups is 1. The lowest BCUT2D eigenvalue weighted by molar-refractivity contribution is -0.117. The molecule has 1 fully saturated rings. The van der Waals surface area contributed by atoms with Crippen molar-refractivity contribution < 1.29 is 37.9 Å². The van der Waals surface area contributed by atoms with E-state index < -0.39 is 43.8 Å². The highest BCUT2D eigenvalue weighted by Gasteiger charge is 2.45. The van der Waals surface area contributed by atoms with Crippen LogP contribution in [0.1, 0.15) is 96.2 Å². The van der Waals surface area contributed by atoms with E-state index in [1.165, 1.54) is 10.8 Å². The normalized spacial score (nSPS) is 19.8. The second kappa shape index (κ2) is 20.9. The van der Waals surface area contributed by atoms with Crippen LogP contribution in [0.15, 0.2) is 111 Å². The highest BCUT2D eigenvalue weighted by Crippen LogP contribution is 2.51. The number of aryl methyl sites for hydroxylation is 1. The lowest BCUT2D eigenvalue weighted by atomic mass is 9.76. The van der Waals surface area contributed by atoms with Gasteiger partial charge in [-0.2, -0.15) is 0 Å². The number of hydrogen-bond donors (Lipinski definition) is 2.